The van der Waals surface area contributed by atoms with E-state index >= 15 is 0 Å². The molecule has 0 amide bonds. The number of allylic oxidation sites excluding steroid dienone is 22. The number of fused-ring (bicyclic) bond motifs is 18. The number of ketones is 1. The van der Waals surface area contributed by atoms with Gasteiger partial charge in [0.1, 0.15) is 17.6 Å². The average Bonchev–Trinajstić information content (AvgIpc) is 1.58. The molecule has 31 heteroatoms. The average molecular weight is 1890 g/mol. The Hall–Kier alpha value is -14.5. The molecule has 12 aliphatic heterocycles. The van der Waals surface area contributed by atoms with Gasteiger partial charge in [0.25, 0.3) is 0 Å². The van der Waals surface area contributed by atoms with Crippen LogP contribution in [0.2, 0.25) is 0 Å². The number of carbonyl (C=O) groups is 8. The van der Waals surface area contributed by atoms with E-state index < -0.39 is 54.0 Å². The van der Waals surface area contributed by atoms with E-state index in [0.29, 0.717) is 153 Å². The molecule has 0 spiro atoms. The number of carboxylic acid groups (broad SMARTS) is 3. The number of aromatic amines is 2. The zero-order valence-corrected chi connectivity index (χ0v) is 82.1. The monoisotopic (exact) mass is 1890 g/mol. The van der Waals surface area contributed by atoms with Crippen molar-refractivity contribution in [1.82, 2.24) is 30.6 Å². The van der Waals surface area contributed by atoms with Gasteiger partial charge in [-0.05, 0) is 238 Å². The molecular weight excluding hydrogens is 1770 g/mol. The van der Waals surface area contributed by atoms with Gasteiger partial charge < -0.3 is 74.6 Å². The van der Waals surface area contributed by atoms with Gasteiger partial charge in [-0.1, -0.05) is 47.3 Å². The highest BCUT2D eigenvalue weighted by Crippen LogP contribution is 2.52. The lowest BCUT2D eigenvalue weighted by Gasteiger charge is -2.20. The number of nitrogens with zero attached hydrogens (tertiary/aromatic N) is 8. The van der Waals surface area contributed by atoms with Gasteiger partial charge in [-0.15, -0.1) is 0 Å². The fourth-order valence-corrected chi connectivity index (χ4v) is 21.3. The van der Waals surface area contributed by atoms with Crippen LogP contribution in [0.4, 0.5) is 0 Å². The van der Waals surface area contributed by atoms with Gasteiger partial charge in [0.15, 0.2) is 5.78 Å². The number of aryl methyl sites for hydroxylation is 3. The zero-order chi connectivity index (χ0) is 100. The van der Waals surface area contributed by atoms with Crippen molar-refractivity contribution < 1.29 is 95.2 Å². The van der Waals surface area contributed by atoms with E-state index in [1.54, 1.807) is 13.0 Å². The van der Waals surface area contributed by atoms with Crippen molar-refractivity contribution in [3.8, 4) is 0 Å². The maximum atomic E-state index is 13.9. The second-order valence-corrected chi connectivity index (χ2v) is 36.4. The van der Waals surface area contributed by atoms with E-state index in [1.165, 1.54) is 28.1 Å². The van der Waals surface area contributed by atoms with E-state index in [9.17, 15) is 63.9 Å². The van der Waals surface area contributed by atoms with Crippen LogP contribution in [0.5, 0.6) is 0 Å². The first-order chi connectivity index (χ1) is 66.4. The van der Waals surface area contributed by atoms with Gasteiger partial charge in [-0.25, -0.2) is 39.7 Å². The highest BCUT2D eigenvalue weighted by molar-refractivity contribution is 6.42. The molecule has 2 saturated heterocycles. The van der Waals surface area contributed by atoms with E-state index in [0.717, 1.165) is 136 Å². The molecule has 3 aromatic rings. The Kier molecular flexibility index (Phi) is 28.7. The summed E-state index contributed by atoms with van der Waals surface area (Å²) in [7, 11) is 2.58. The maximum Gasteiger partial charge on any atom is 0.338 e. The molecule has 3 aromatic heterocycles. The molecule has 0 radical (unpaired) electrons. The van der Waals surface area contributed by atoms with Gasteiger partial charge in [0.2, 0.25) is 0 Å². The molecule has 728 valence electrons. The molecule has 139 heavy (non-hydrogen) atoms. The number of aromatic nitrogens is 4. The number of H-pyrrole nitrogens is 2. The third-order valence-corrected chi connectivity index (χ3v) is 28.3. The van der Waals surface area contributed by atoms with Crippen LogP contribution >= 0.6 is 0 Å². The minimum absolute atomic E-state index is 0. The molecule has 2 aliphatic carbocycles. The fraction of sp³-hybridized carbons (Fsp3) is 0.389. The van der Waals surface area contributed by atoms with Crippen LogP contribution in [0.25, 0.3) is 33.2 Å². The lowest BCUT2D eigenvalue weighted by Crippen LogP contribution is -2.26. The number of hydrogen-bond donors (Lipinski definition) is 9. The normalized spacial score (nSPS) is 22.2. The molecule has 9 N–H and O–H groups in total. The molecule has 14 aliphatic rings. The quantitative estimate of drug-likeness (QED) is 0.0174. The molecule has 15 heterocycles. The topological polar surface area (TPSA) is 449 Å². The summed E-state index contributed by atoms with van der Waals surface area (Å²) in [6, 6.07) is 5.81. The predicted molar refractivity (Wildman–Crippen MR) is 534 cm³/mol. The molecular formula is C108H122N12O19. The Balaban J connectivity index is 0.000000177. The van der Waals surface area contributed by atoms with E-state index in [-0.39, 0.29) is 105 Å². The number of ether oxygens (including phenoxy) is 6. The Morgan fingerprint density at radius 3 is 1.87 bits per heavy atom. The summed E-state index contributed by atoms with van der Waals surface area (Å²) < 4.78 is 33.2. The summed E-state index contributed by atoms with van der Waals surface area (Å²) >= 11 is 0. The van der Waals surface area contributed by atoms with Crippen LogP contribution in [-0.4, -0.2) is 174 Å². The zero-order valence-electron chi connectivity index (χ0n) is 82.1. The van der Waals surface area contributed by atoms with Crippen LogP contribution in [0.1, 0.15) is 227 Å². The fourth-order valence-electron chi connectivity index (χ4n) is 21.3. The maximum absolute atomic E-state index is 13.9. The molecule has 1 saturated carbocycles. The van der Waals surface area contributed by atoms with Crippen LogP contribution in [0, 0.1) is 43.4 Å². The number of hydrogen-bond acceptors (Lipinski definition) is 26. The number of aliphatic imine (C=N–C) groups is 6. The van der Waals surface area contributed by atoms with Crippen LogP contribution in [-0.2, 0) is 79.6 Å². The number of nitrogens with one attached hydrogen (secondary N) is 4. The van der Waals surface area contributed by atoms with Crippen molar-refractivity contribution in [2.24, 2.45) is 59.5 Å². The summed E-state index contributed by atoms with van der Waals surface area (Å²) in [6.45, 7) is 40.0. The molecule has 9 atom stereocenters. The number of methoxy groups -OCH3 is 2. The number of esters is 4. The first-order valence-electron chi connectivity index (χ1n) is 47.3. The minimum Gasteiger partial charge on any atom is -0.515 e. The third kappa shape index (κ3) is 18.4. The summed E-state index contributed by atoms with van der Waals surface area (Å²) in [5.74, 6) is -9.30. The Bertz CT molecular complexity index is 6970. The molecule has 31 nitrogen and oxygen atoms in total. The molecule has 0 aromatic carbocycles. The highest BCUT2D eigenvalue weighted by atomic mass is 16.5. The van der Waals surface area contributed by atoms with Gasteiger partial charge in [0.05, 0.1) is 143 Å². The third-order valence-electron chi connectivity index (χ3n) is 28.3. The largest absolute Gasteiger partial charge is 0.515 e. The Morgan fingerprint density at radius 1 is 0.583 bits per heavy atom. The number of aliphatic hydroxyl groups is 2. The Morgan fingerprint density at radius 2 is 1.22 bits per heavy atom. The van der Waals surface area contributed by atoms with Crippen molar-refractivity contribution in [2.75, 3.05) is 40.6 Å². The van der Waals surface area contributed by atoms with Crippen molar-refractivity contribution >= 4 is 115 Å². The standard InChI is InChI=1S/C38H44N4O6.C36H42N4O7.C34H32N4O6.2H2/c1-10-23-17(3)25-16-30-31(21(7)47-11-2)19(5)27(40-30)14-26-18(4)24(12-13-48-22(8)43)35(41-26)33-34(38(45)46-9)37(44)32-20(6)28(42-36(32)33)15-29(23)39-25;1-8-21-16(3)24-15-29-32(20(7)47-9-2)18(5)26(38-29)13-25-17(4)22(10-11-30(41)42)34(39-25)23(12-31(43)44)35-33(36(45)46)19(6)27(40-35)14-28(21)37-24;1-6-18-10-20-12-21-11-19(8-9-44-17(4)40)31(36-21)29-30(34(42)43-5)33(41)28-16(3)24(38-32(28)29)13-26-22(7-2)23(15-39)27(37-26)14-25(18)35-20;;/h14-16,18,21,24,34,41,44H,10-13H2,1-9H3;13-15,17,20,22,37-38H,8-12H2,1-7H3,(H,41,42)(H,43,44)(H,45,46);6,10,12-15,19,30,36,39H,1,7-9,11H2,2-5H3;2*1H/t18-,21?,24-,34?;17-,20?,22-;19-,30?;;/m000../s1. The summed E-state index contributed by atoms with van der Waals surface area (Å²) in [5.41, 5.74) is 30.2. The van der Waals surface area contributed by atoms with Crippen LogP contribution in [0.15, 0.2) is 245 Å². The van der Waals surface area contributed by atoms with Crippen LogP contribution in [0.3, 0.4) is 0 Å². The summed E-state index contributed by atoms with van der Waals surface area (Å²) in [4.78, 5) is 147. The number of rotatable bonds is 24. The van der Waals surface area contributed by atoms with E-state index in [4.69, 9.17) is 68.3 Å². The lowest BCUT2D eigenvalue weighted by atomic mass is 9.84. The smallest absolute Gasteiger partial charge is 0.338 e. The first kappa shape index (κ1) is 99.0. The second-order valence-electron chi connectivity index (χ2n) is 36.4. The van der Waals surface area contributed by atoms with Crippen LogP contribution < -0.4 is 10.6 Å². The minimum atomic E-state index is -1.23. The molecule has 17 rings (SSSR count). The predicted octanol–water partition coefficient (Wildman–Crippen LogP) is 18.7. The van der Waals surface area contributed by atoms with Crippen molar-refractivity contribution in [3.05, 3.63) is 265 Å². The second kappa shape index (κ2) is 40.3. The van der Waals surface area contributed by atoms with E-state index in [2.05, 4.69) is 80.0 Å². The van der Waals surface area contributed by atoms with Gasteiger partial charge >= 0.3 is 41.8 Å². The summed E-state index contributed by atoms with van der Waals surface area (Å²) in [5, 5.41) is 59.1. The van der Waals surface area contributed by atoms with Crippen molar-refractivity contribution in [1.29, 1.82) is 0 Å². The van der Waals surface area contributed by atoms with Gasteiger partial charge in [-0.2, -0.15) is 0 Å². The molecule has 3 fully saturated rings. The van der Waals surface area contributed by atoms with Gasteiger partial charge in [-0.3, -0.25) is 38.5 Å². The van der Waals surface area contributed by atoms with E-state index in [1.807, 2.05) is 112 Å². The number of Topliss-reactive ketones (excluding diaryl/α,β-unsaturated/α-hetero) is 1. The number of carboxylic acids is 3. The SMILES string of the molecule is C=CC1=CC2=NC1=CC1=NC(=C(CC)C1=CO)C=C1N=C3C(=C1C)C(=O)C(C(=O)OC)C3=C1NC(=C2)C[C@@H]1CCOC(C)=O.CCOC(C)C1=C(C)C2=NC1=CC1=NC(=CC3=C(C)C4=C(O)C(C(=O)OC)C(=C5NC(=C2)[C@@H](C)[C@@H]5CCOC(C)=O)C4=N3)C(CC)=C1C.CCOC(C)c1c(C)c2cc3nc(c(CC(=O)O)c4nc(cc5[nH]c(cc1[nH]2)c(C)c5CC)C(C)=C4C(=O)O)[C@@H](CCC(=O)O)[C@@H]3C.[HH].[HH]. The summed E-state index contributed by atoms with van der Waals surface area (Å²) in [6.07, 6.45) is 19.0. The molecule has 24 bridgehead atoms. The molecule has 4 unspecified atom stereocenters. The number of aliphatic carboxylic acids is 3. The highest BCUT2D eigenvalue weighted by Gasteiger charge is 2.53. The van der Waals surface area contributed by atoms with Crippen molar-refractivity contribution in [3.63, 3.8) is 0 Å². The number of carbonyl (C=O) groups excluding carboxylic acids is 5. The Labute approximate surface area is 808 Å². The number of aliphatic hydroxyl groups excluding tert-OH is 2. The lowest BCUT2D eigenvalue weighted by molar-refractivity contribution is -0.147. The van der Waals surface area contributed by atoms with Gasteiger partial charge in [0, 0.05) is 167 Å². The van der Waals surface area contributed by atoms with Crippen molar-refractivity contribution in [2.45, 2.75) is 206 Å². The first-order valence-corrected chi connectivity index (χ1v) is 47.3.